The Morgan fingerprint density at radius 3 is 2.95 bits per heavy atom. The zero-order valence-corrected chi connectivity index (χ0v) is 12.4. The maximum absolute atomic E-state index is 12.1. The quantitative estimate of drug-likeness (QED) is 0.798. The molecule has 6 nitrogen and oxygen atoms in total. The number of carbonyl (C=O) groups excluding carboxylic acids is 1. The van der Waals surface area contributed by atoms with Crippen LogP contribution >= 0.6 is 23.1 Å². The lowest BCUT2D eigenvalue weighted by molar-refractivity contribution is -0.121. The first-order valence-corrected chi connectivity index (χ1v) is 7.36. The van der Waals surface area contributed by atoms with Crippen molar-refractivity contribution in [1.29, 1.82) is 0 Å². The Labute approximate surface area is 123 Å². The van der Waals surface area contributed by atoms with Crippen LogP contribution in [0.4, 0.5) is 5.13 Å². The van der Waals surface area contributed by atoms with E-state index in [9.17, 15) is 4.79 Å². The average molecular weight is 306 g/mol. The van der Waals surface area contributed by atoms with E-state index in [4.69, 9.17) is 4.42 Å². The topological polar surface area (TPSA) is 71.6 Å². The van der Waals surface area contributed by atoms with Gasteiger partial charge in [0.2, 0.25) is 5.13 Å². The highest BCUT2D eigenvalue weighted by Crippen LogP contribution is 2.33. The van der Waals surface area contributed by atoms with Crippen molar-refractivity contribution < 1.29 is 9.21 Å². The number of hydrogen-bond acceptors (Lipinski definition) is 7. The van der Waals surface area contributed by atoms with Gasteiger partial charge in [0, 0.05) is 13.1 Å². The van der Waals surface area contributed by atoms with Crippen LogP contribution in [0.25, 0.3) is 6.08 Å². The minimum Gasteiger partial charge on any atom is -0.465 e. The summed E-state index contributed by atoms with van der Waals surface area (Å²) in [7, 11) is 1.69. The van der Waals surface area contributed by atoms with Gasteiger partial charge in [0.1, 0.15) is 10.8 Å². The van der Waals surface area contributed by atoms with Crippen LogP contribution in [0, 0.1) is 6.92 Å². The summed E-state index contributed by atoms with van der Waals surface area (Å²) < 4.78 is 5.22. The second kappa shape index (κ2) is 5.22. The van der Waals surface area contributed by atoms with Gasteiger partial charge in [-0.2, -0.15) is 4.99 Å². The summed E-state index contributed by atoms with van der Waals surface area (Å²) in [5.41, 5.74) is 0. The zero-order chi connectivity index (χ0) is 14.1. The molecule has 0 bridgehead atoms. The number of aryl methyl sites for hydroxylation is 1. The van der Waals surface area contributed by atoms with E-state index in [2.05, 4.69) is 15.2 Å². The molecule has 20 heavy (non-hydrogen) atoms. The molecule has 0 radical (unpaired) electrons. The molecular weight excluding hydrogens is 296 g/mol. The summed E-state index contributed by atoms with van der Waals surface area (Å²) in [5.74, 6) is 0.536. The summed E-state index contributed by atoms with van der Waals surface area (Å²) >= 11 is 2.68. The molecule has 0 unspecified atom stereocenters. The first-order chi connectivity index (χ1) is 9.63. The maximum Gasteiger partial charge on any atom is 0.266 e. The Bertz CT molecular complexity index is 703. The molecule has 0 spiro atoms. The molecule has 1 amide bonds. The van der Waals surface area contributed by atoms with Crippen LogP contribution in [0.1, 0.15) is 10.8 Å². The van der Waals surface area contributed by atoms with Crippen molar-refractivity contribution in [1.82, 2.24) is 15.1 Å². The van der Waals surface area contributed by atoms with Crippen LogP contribution in [0.3, 0.4) is 0 Å². The number of amides is 1. The van der Waals surface area contributed by atoms with Crippen LogP contribution in [0.5, 0.6) is 0 Å². The van der Waals surface area contributed by atoms with Gasteiger partial charge in [0.25, 0.3) is 5.91 Å². The molecule has 0 aromatic carbocycles. The molecule has 1 saturated heterocycles. The van der Waals surface area contributed by atoms with Crippen LogP contribution in [-0.2, 0) is 4.79 Å². The normalized spacial score (nSPS) is 19.5. The Balaban J connectivity index is 1.89. The van der Waals surface area contributed by atoms with E-state index < -0.39 is 0 Å². The van der Waals surface area contributed by atoms with Crippen molar-refractivity contribution in [3.05, 3.63) is 34.1 Å². The molecule has 0 saturated carbocycles. The van der Waals surface area contributed by atoms with Crippen molar-refractivity contribution >= 4 is 45.4 Å². The third-order valence-electron chi connectivity index (χ3n) is 2.53. The fraction of sp³-hybridized carbons (Fsp3) is 0.167. The van der Waals surface area contributed by atoms with E-state index in [1.165, 1.54) is 28.0 Å². The number of amidine groups is 1. The summed E-state index contributed by atoms with van der Waals surface area (Å²) in [6, 6.07) is 3.57. The molecule has 1 aliphatic heterocycles. The second-order valence-corrected chi connectivity index (χ2v) is 6.16. The molecule has 3 rings (SSSR count). The summed E-state index contributed by atoms with van der Waals surface area (Å²) in [5, 5.41) is 9.81. The molecule has 8 heteroatoms. The minimum atomic E-state index is -0.105. The van der Waals surface area contributed by atoms with E-state index in [0.29, 0.717) is 21.0 Å². The smallest absolute Gasteiger partial charge is 0.266 e. The average Bonchev–Trinajstić information content (AvgIpc) is 3.11. The lowest BCUT2D eigenvalue weighted by Gasteiger charge is -2.05. The fourth-order valence-corrected chi connectivity index (χ4v) is 3.13. The molecule has 0 N–H and O–H groups in total. The zero-order valence-electron chi connectivity index (χ0n) is 10.7. The molecule has 1 fully saturated rings. The van der Waals surface area contributed by atoms with E-state index >= 15 is 0 Å². The number of thioether (sulfide) groups is 1. The number of aromatic nitrogens is 2. The first-order valence-electron chi connectivity index (χ1n) is 5.73. The van der Waals surface area contributed by atoms with Crippen LogP contribution in [0.2, 0.25) is 0 Å². The Morgan fingerprint density at radius 2 is 2.30 bits per heavy atom. The van der Waals surface area contributed by atoms with Crippen LogP contribution < -0.4 is 0 Å². The molecule has 0 aliphatic carbocycles. The van der Waals surface area contributed by atoms with E-state index in [-0.39, 0.29) is 5.91 Å². The van der Waals surface area contributed by atoms with E-state index in [0.717, 1.165) is 5.01 Å². The van der Waals surface area contributed by atoms with Crippen molar-refractivity contribution in [2.75, 3.05) is 7.05 Å². The van der Waals surface area contributed by atoms with Crippen molar-refractivity contribution in [2.45, 2.75) is 6.92 Å². The van der Waals surface area contributed by atoms with Gasteiger partial charge in [-0.25, -0.2) is 0 Å². The summed E-state index contributed by atoms with van der Waals surface area (Å²) in [6.07, 6.45) is 3.27. The molecule has 3 heterocycles. The Morgan fingerprint density at radius 1 is 1.45 bits per heavy atom. The second-order valence-electron chi connectivity index (χ2n) is 3.99. The van der Waals surface area contributed by atoms with E-state index in [1.54, 1.807) is 31.5 Å². The molecular formula is C12H10N4O2S2. The van der Waals surface area contributed by atoms with Gasteiger partial charge in [-0.1, -0.05) is 11.3 Å². The van der Waals surface area contributed by atoms with Gasteiger partial charge >= 0.3 is 0 Å². The lowest BCUT2D eigenvalue weighted by Crippen LogP contribution is -2.23. The van der Waals surface area contributed by atoms with Gasteiger partial charge in [0.15, 0.2) is 5.17 Å². The fourth-order valence-electron chi connectivity index (χ4n) is 1.57. The maximum atomic E-state index is 12.1. The van der Waals surface area contributed by atoms with Gasteiger partial charge in [-0.3, -0.25) is 9.69 Å². The lowest BCUT2D eigenvalue weighted by atomic mass is 10.4. The third-order valence-corrected chi connectivity index (χ3v) is 4.32. The van der Waals surface area contributed by atoms with Gasteiger partial charge < -0.3 is 4.42 Å². The molecule has 2 aromatic rings. The van der Waals surface area contributed by atoms with Gasteiger partial charge in [-0.15, -0.1) is 10.2 Å². The summed E-state index contributed by atoms with van der Waals surface area (Å²) in [6.45, 7) is 1.86. The highest BCUT2D eigenvalue weighted by Gasteiger charge is 2.30. The first kappa shape index (κ1) is 13.1. The minimum absolute atomic E-state index is 0.105. The predicted octanol–water partition coefficient (Wildman–Crippen LogP) is 2.67. The largest absolute Gasteiger partial charge is 0.465 e. The number of likely N-dealkylation sites (N-methyl/N-ethyl adjacent to an activating group) is 1. The highest BCUT2D eigenvalue weighted by molar-refractivity contribution is 8.18. The standard InChI is InChI=1S/C12H10N4O2S2/c1-7-14-15-11(19-7)13-12-16(2)10(17)9(20-12)6-8-4-3-5-18-8/h3-6H,1-2H3/b9-6+,13-12+. The number of nitrogens with zero attached hydrogens (tertiary/aromatic N) is 4. The van der Waals surface area contributed by atoms with Gasteiger partial charge in [-0.05, 0) is 30.8 Å². The van der Waals surface area contributed by atoms with E-state index in [1.807, 2.05) is 6.92 Å². The number of aliphatic imine (C=N–C) groups is 1. The number of carbonyl (C=O) groups is 1. The Hall–Kier alpha value is -1.93. The van der Waals surface area contributed by atoms with Crippen molar-refractivity contribution in [3.8, 4) is 0 Å². The monoisotopic (exact) mass is 306 g/mol. The highest BCUT2D eigenvalue weighted by atomic mass is 32.2. The SMILES string of the molecule is Cc1nnc(/N=C2/S/C(=C/c3ccco3)C(=O)N2C)s1. The Kier molecular flexibility index (Phi) is 3.41. The molecule has 102 valence electrons. The van der Waals surface area contributed by atoms with Crippen molar-refractivity contribution in [2.24, 2.45) is 4.99 Å². The van der Waals surface area contributed by atoms with Crippen LogP contribution in [0.15, 0.2) is 32.7 Å². The summed E-state index contributed by atoms with van der Waals surface area (Å²) in [4.78, 5) is 18.5. The number of rotatable bonds is 2. The number of hydrogen-bond donors (Lipinski definition) is 0. The third kappa shape index (κ3) is 2.52. The van der Waals surface area contributed by atoms with Crippen LogP contribution in [-0.4, -0.2) is 33.2 Å². The molecule has 0 atom stereocenters. The molecule has 1 aliphatic rings. The van der Waals surface area contributed by atoms with Crippen molar-refractivity contribution in [3.63, 3.8) is 0 Å². The number of furan rings is 1. The predicted molar refractivity (Wildman–Crippen MR) is 78.8 cm³/mol. The molecule has 2 aromatic heterocycles. The van der Waals surface area contributed by atoms with Gasteiger partial charge in [0.05, 0.1) is 11.2 Å².